The first-order valence-corrected chi connectivity index (χ1v) is 18.7. The van der Waals surface area contributed by atoms with E-state index in [1.807, 2.05) is 24.3 Å². The number of rotatable bonds is 10. The van der Waals surface area contributed by atoms with Crippen molar-refractivity contribution in [3.63, 3.8) is 0 Å². The van der Waals surface area contributed by atoms with Gasteiger partial charge in [0.05, 0.1) is 23.4 Å². The van der Waals surface area contributed by atoms with Crippen LogP contribution in [0.15, 0.2) is 71.8 Å². The van der Waals surface area contributed by atoms with Gasteiger partial charge in [0.25, 0.3) is 0 Å². The first-order valence-electron chi connectivity index (χ1n) is 17.3. The molecule has 0 radical (unpaired) electrons. The molecule has 50 heavy (non-hydrogen) atoms. The molecule has 3 heterocycles. The van der Waals surface area contributed by atoms with Crippen molar-refractivity contribution in [3.05, 3.63) is 72.4 Å². The molecule has 6 rings (SSSR count). The Bertz CT molecular complexity index is 1680. The number of ether oxygens (including phenoxy) is 2. The number of carbonyl (C=O) groups is 1. The van der Waals surface area contributed by atoms with E-state index < -0.39 is 28.2 Å². The number of hydrogen-bond acceptors (Lipinski definition) is 8. The second-order valence-electron chi connectivity index (χ2n) is 13.4. The molecule has 2 saturated heterocycles. The molecule has 2 aromatic carbocycles. The predicted molar refractivity (Wildman–Crippen MR) is 182 cm³/mol. The smallest absolute Gasteiger partial charge is 0.493 e. The van der Waals surface area contributed by atoms with Gasteiger partial charge in [-0.25, -0.2) is 8.42 Å². The lowest BCUT2D eigenvalue weighted by Gasteiger charge is -2.42. The lowest BCUT2D eigenvalue weighted by molar-refractivity contribution is -0.274. The topological polar surface area (TPSA) is 118 Å². The van der Waals surface area contributed by atoms with Crippen molar-refractivity contribution < 1.29 is 35.9 Å². The van der Waals surface area contributed by atoms with Crippen molar-refractivity contribution in [1.29, 1.82) is 0 Å². The van der Waals surface area contributed by atoms with Crippen LogP contribution in [0.2, 0.25) is 0 Å². The predicted octanol–water partition coefficient (Wildman–Crippen LogP) is 5.43. The van der Waals surface area contributed by atoms with E-state index in [0.29, 0.717) is 68.6 Å². The summed E-state index contributed by atoms with van der Waals surface area (Å²) < 4.78 is 76.9. The summed E-state index contributed by atoms with van der Waals surface area (Å²) in [6.45, 7) is 2.83. The second kappa shape index (κ2) is 15.7. The molecule has 14 heteroatoms. The number of nitrogens with zero attached hydrogens (tertiary/aromatic N) is 4. The van der Waals surface area contributed by atoms with Crippen LogP contribution in [0.3, 0.4) is 0 Å². The van der Waals surface area contributed by atoms with Crippen LogP contribution < -0.4 is 15.2 Å². The van der Waals surface area contributed by atoms with E-state index in [0.717, 1.165) is 24.6 Å². The standard InChI is InChI=1S/C36H44F3N5O5S/c37-36(38,39)49-31-12-15-33(41-22-31)28-8-6-26(7-9-28)23-42-20-21-44(34(24-42)35(45)43-18-16-29(40)17-19-43)50(46,47)32-13-10-30(11-14-32)48-25-27-4-2-1-3-5-27/h6-15,22,27,29,34H,1-5,16-21,23-25,40H2/t34-/m0/s1. The van der Waals surface area contributed by atoms with Crippen molar-refractivity contribution in [2.75, 3.05) is 39.3 Å². The van der Waals surface area contributed by atoms with Crippen LogP contribution in [0, 0.1) is 5.92 Å². The van der Waals surface area contributed by atoms with Gasteiger partial charge in [-0.05, 0) is 73.6 Å². The van der Waals surface area contributed by atoms with Crippen LogP contribution in [0.25, 0.3) is 11.3 Å². The third-order valence-corrected chi connectivity index (χ3v) is 11.7. The highest BCUT2D eigenvalue weighted by molar-refractivity contribution is 7.89. The van der Waals surface area contributed by atoms with E-state index in [1.165, 1.54) is 35.7 Å². The number of piperidine rings is 1. The quantitative estimate of drug-likeness (QED) is 0.296. The second-order valence-corrected chi connectivity index (χ2v) is 15.3. The van der Waals surface area contributed by atoms with Gasteiger partial charge in [-0.1, -0.05) is 43.5 Å². The minimum absolute atomic E-state index is 0.0184. The molecular formula is C36H44F3N5O5S. The molecule has 1 atom stereocenters. The summed E-state index contributed by atoms with van der Waals surface area (Å²) in [4.78, 5) is 22.0. The molecule has 1 aromatic heterocycles. The highest BCUT2D eigenvalue weighted by Crippen LogP contribution is 2.29. The van der Waals surface area contributed by atoms with E-state index in [4.69, 9.17) is 10.5 Å². The fourth-order valence-corrected chi connectivity index (χ4v) is 8.55. The first kappa shape index (κ1) is 36.1. The molecular weight excluding hydrogens is 671 g/mol. The molecule has 1 amide bonds. The van der Waals surface area contributed by atoms with Crippen molar-refractivity contribution in [2.45, 2.75) is 74.8 Å². The SMILES string of the molecule is NC1CCN(C(=O)[C@@H]2CN(Cc3ccc(-c4ccc(OC(F)(F)F)cn4)cc3)CCN2S(=O)(=O)c2ccc(OCC3CCCCC3)cc2)CC1. The van der Waals surface area contributed by atoms with Gasteiger partial charge in [-0.3, -0.25) is 14.7 Å². The van der Waals surface area contributed by atoms with Gasteiger partial charge < -0.3 is 20.1 Å². The average molecular weight is 716 g/mol. The number of halogens is 3. The summed E-state index contributed by atoms with van der Waals surface area (Å²) in [6.07, 6.45) is 3.58. The normalized spacial score (nSPS) is 20.5. The number of hydrogen-bond donors (Lipinski definition) is 1. The Kier molecular flexibility index (Phi) is 11.3. The Hall–Kier alpha value is -3.72. The van der Waals surface area contributed by atoms with Crippen molar-refractivity contribution in [1.82, 2.24) is 19.1 Å². The number of alkyl halides is 3. The van der Waals surface area contributed by atoms with Gasteiger partial charge in [-0.2, -0.15) is 4.31 Å². The van der Waals surface area contributed by atoms with Gasteiger partial charge in [0.1, 0.15) is 17.5 Å². The highest BCUT2D eigenvalue weighted by atomic mass is 32.2. The molecule has 1 aliphatic carbocycles. The Labute approximate surface area is 291 Å². The van der Waals surface area contributed by atoms with E-state index in [-0.39, 0.29) is 29.9 Å². The molecule has 10 nitrogen and oxygen atoms in total. The fourth-order valence-electron chi connectivity index (χ4n) is 6.98. The number of aromatic nitrogens is 1. The molecule has 1 saturated carbocycles. The summed E-state index contributed by atoms with van der Waals surface area (Å²) in [5.41, 5.74) is 8.23. The molecule has 2 N–H and O–H groups in total. The maximum atomic E-state index is 14.1. The number of nitrogens with two attached hydrogens (primary N) is 1. The molecule has 0 bridgehead atoms. The summed E-state index contributed by atoms with van der Waals surface area (Å²) in [5, 5.41) is 0. The summed E-state index contributed by atoms with van der Waals surface area (Å²) in [7, 11) is -4.00. The largest absolute Gasteiger partial charge is 0.573 e. The Morgan fingerprint density at radius 2 is 1.54 bits per heavy atom. The van der Waals surface area contributed by atoms with E-state index in [9.17, 15) is 26.4 Å². The number of pyridine rings is 1. The average Bonchev–Trinajstić information content (AvgIpc) is 3.11. The minimum Gasteiger partial charge on any atom is -0.493 e. The molecule has 0 unspecified atom stereocenters. The van der Waals surface area contributed by atoms with Crippen molar-refractivity contribution >= 4 is 15.9 Å². The Balaban J connectivity index is 1.14. The molecule has 3 aromatic rings. The number of benzene rings is 2. The van der Waals surface area contributed by atoms with Gasteiger partial charge in [0, 0.05) is 50.9 Å². The maximum absolute atomic E-state index is 14.1. The van der Waals surface area contributed by atoms with Crippen LogP contribution in [0.5, 0.6) is 11.5 Å². The van der Waals surface area contributed by atoms with Crippen LogP contribution in [0.4, 0.5) is 13.2 Å². The Morgan fingerprint density at radius 3 is 2.18 bits per heavy atom. The third-order valence-electron chi connectivity index (χ3n) is 9.82. The fraction of sp³-hybridized carbons (Fsp3) is 0.500. The van der Waals surface area contributed by atoms with Crippen LogP contribution in [0.1, 0.15) is 50.5 Å². The van der Waals surface area contributed by atoms with E-state index in [2.05, 4.69) is 14.6 Å². The van der Waals surface area contributed by atoms with Crippen molar-refractivity contribution in [3.8, 4) is 22.8 Å². The van der Waals surface area contributed by atoms with Crippen LogP contribution in [-0.4, -0.2) is 91.2 Å². The molecule has 3 aliphatic rings. The van der Waals surface area contributed by atoms with Gasteiger partial charge in [-0.15, -0.1) is 13.2 Å². The lowest BCUT2D eigenvalue weighted by atomic mass is 9.90. The van der Waals surface area contributed by atoms with Gasteiger partial charge in [0.15, 0.2) is 0 Å². The summed E-state index contributed by atoms with van der Waals surface area (Å²) >= 11 is 0. The zero-order valence-corrected chi connectivity index (χ0v) is 28.7. The van der Waals surface area contributed by atoms with Gasteiger partial charge >= 0.3 is 6.36 Å². The number of sulfonamides is 1. The van der Waals surface area contributed by atoms with Crippen LogP contribution >= 0.6 is 0 Å². The minimum atomic E-state index is -4.79. The molecule has 3 fully saturated rings. The van der Waals surface area contributed by atoms with E-state index in [1.54, 1.807) is 29.2 Å². The molecule has 2 aliphatic heterocycles. The number of piperazine rings is 1. The van der Waals surface area contributed by atoms with Gasteiger partial charge in [0.2, 0.25) is 15.9 Å². The Morgan fingerprint density at radius 1 is 0.860 bits per heavy atom. The maximum Gasteiger partial charge on any atom is 0.573 e. The van der Waals surface area contributed by atoms with Crippen molar-refractivity contribution in [2.24, 2.45) is 11.7 Å². The monoisotopic (exact) mass is 715 g/mol. The number of carbonyl (C=O) groups excluding carboxylic acids is 1. The summed E-state index contributed by atoms with van der Waals surface area (Å²) in [6, 6.07) is 15.7. The first-order chi connectivity index (χ1) is 23.9. The zero-order valence-electron chi connectivity index (χ0n) is 27.9. The third kappa shape index (κ3) is 9.14. The molecule has 270 valence electrons. The zero-order chi connectivity index (χ0) is 35.3. The lowest BCUT2D eigenvalue weighted by Crippen LogP contribution is -2.61. The highest BCUT2D eigenvalue weighted by Gasteiger charge is 2.42. The number of amides is 1. The van der Waals surface area contributed by atoms with E-state index >= 15 is 0 Å². The molecule has 0 spiro atoms. The van der Waals surface area contributed by atoms with Crippen LogP contribution in [-0.2, 0) is 21.4 Å². The summed E-state index contributed by atoms with van der Waals surface area (Å²) in [5.74, 6) is 0.534. The number of likely N-dealkylation sites (tertiary alicyclic amines) is 1.